The summed E-state index contributed by atoms with van der Waals surface area (Å²) in [5, 5.41) is 0. The number of hydrogen-bond acceptors (Lipinski definition) is 1. The van der Waals surface area contributed by atoms with Gasteiger partial charge >= 0.3 is 0 Å². The van der Waals surface area contributed by atoms with Crippen molar-refractivity contribution < 1.29 is 0 Å². The van der Waals surface area contributed by atoms with Crippen LogP contribution in [0.5, 0.6) is 0 Å². The van der Waals surface area contributed by atoms with Gasteiger partial charge in [0.2, 0.25) is 0 Å². The fraction of sp³-hybridized carbons (Fsp3) is 0.714. The Hall–Kier alpha value is -0.720. The molecule has 0 atom stereocenters. The quantitative estimate of drug-likeness (QED) is 0.613. The third-order valence-corrected chi connectivity index (χ3v) is 2.85. The molecule has 0 spiro atoms. The standard InChI is InChI=1S/C14H25N/c1-4-9-15(10-5-2)12-14-8-6-7-13(3)11-14/h7,12H,4-6,8-11H2,1-3H3. The monoisotopic (exact) mass is 207 g/mol. The fourth-order valence-corrected chi connectivity index (χ4v) is 2.21. The Bertz CT molecular complexity index is 232. The molecule has 0 heterocycles. The molecule has 0 amide bonds. The van der Waals surface area contributed by atoms with Gasteiger partial charge in [-0.3, -0.25) is 0 Å². The highest BCUT2D eigenvalue weighted by Gasteiger charge is 2.06. The molecule has 0 bridgehead atoms. The number of allylic oxidation sites excluding steroid dienone is 3. The van der Waals surface area contributed by atoms with Gasteiger partial charge in [0.15, 0.2) is 0 Å². The average molecular weight is 207 g/mol. The summed E-state index contributed by atoms with van der Waals surface area (Å²) in [6.07, 6.45) is 11.0. The second-order valence-corrected chi connectivity index (χ2v) is 4.59. The number of hydrogen-bond donors (Lipinski definition) is 0. The Morgan fingerprint density at radius 3 is 2.47 bits per heavy atom. The highest BCUT2D eigenvalue weighted by Crippen LogP contribution is 2.23. The summed E-state index contributed by atoms with van der Waals surface area (Å²) in [5.41, 5.74) is 3.16. The van der Waals surface area contributed by atoms with Gasteiger partial charge in [0.1, 0.15) is 0 Å². The molecule has 0 aromatic heterocycles. The second-order valence-electron chi connectivity index (χ2n) is 4.59. The third kappa shape index (κ3) is 4.55. The lowest BCUT2D eigenvalue weighted by Crippen LogP contribution is -2.20. The van der Waals surface area contributed by atoms with E-state index in [0.717, 1.165) is 0 Å². The van der Waals surface area contributed by atoms with Crippen LogP contribution in [0.4, 0.5) is 0 Å². The summed E-state index contributed by atoms with van der Waals surface area (Å²) in [5.74, 6) is 0. The molecule has 1 aliphatic rings. The van der Waals surface area contributed by atoms with E-state index < -0.39 is 0 Å². The average Bonchev–Trinajstić information content (AvgIpc) is 2.18. The van der Waals surface area contributed by atoms with Crippen molar-refractivity contribution >= 4 is 0 Å². The van der Waals surface area contributed by atoms with Gasteiger partial charge in [-0.25, -0.2) is 0 Å². The van der Waals surface area contributed by atoms with Crippen LogP contribution in [0.2, 0.25) is 0 Å². The molecule has 0 saturated heterocycles. The molecule has 0 aromatic carbocycles. The van der Waals surface area contributed by atoms with E-state index in [4.69, 9.17) is 0 Å². The molecule has 86 valence electrons. The Labute approximate surface area is 94.9 Å². The maximum absolute atomic E-state index is 2.49. The van der Waals surface area contributed by atoms with Crippen molar-refractivity contribution in [1.29, 1.82) is 0 Å². The van der Waals surface area contributed by atoms with E-state index in [1.165, 1.54) is 45.2 Å². The van der Waals surface area contributed by atoms with Crippen LogP contribution in [0, 0.1) is 0 Å². The molecule has 0 unspecified atom stereocenters. The van der Waals surface area contributed by atoms with Gasteiger partial charge in [-0.1, -0.05) is 25.5 Å². The smallest absolute Gasteiger partial charge is 0.0169 e. The molecule has 1 aliphatic carbocycles. The highest BCUT2D eigenvalue weighted by atomic mass is 15.1. The van der Waals surface area contributed by atoms with Crippen LogP contribution in [0.25, 0.3) is 0 Å². The van der Waals surface area contributed by atoms with Crippen molar-refractivity contribution in [1.82, 2.24) is 4.90 Å². The van der Waals surface area contributed by atoms with Gasteiger partial charge in [0.05, 0.1) is 0 Å². The summed E-state index contributed by atoms with van der Waals surface area (Å²) in [6.45, 7) is 9.18. The van der Waals surface area contributed by atoms with E-state index in [1.54, 1.807) is 11.1 Å². The minimum Gasteiger partial charge on any atom is -0.377 e. The van der Waals surface area contributed by atoms with Crippen molar-refractivity contribution in [2.75, 3.05) is 13.1 Å². The SMILES string of the molecule is CCCN(C=C1CCC=C(C)C1)CCC. The first kappa shape index (κ1) is 12.4. The molecular weight excluding hydrogens is 182 g/mol. The van der Waals surface area contributed by atoms with Crippen molar-refractivity contribution in [2.24, 2.45) is 0 Å². The third-order valence-electron chi connectivity index (χ3n) is 2.85. The minimum atomic E-state index is 1.20. The van der Waals surface area contributed by atoms with E-state index in [1.807, 2.05) is 0 Å². The predicted octanol–water partition coefficient (Wildman–Crippen LogP) is 4.12. The molecule has 0 saturated carbocycles. The maximum atomic E-state index is 2.49. The van der Waals surface area contributed by atoms with E-state index in [2.05, 4.69) is 37.9 Å². The van der Waals surface area contributed by atoms with Gasteiger partial charge < -0.3 is 4.90 Å². The van der Waals surface area contributed by atoms with Crippen LogP contribution >= 0.6 is 0 Å². The van der Waals surface area contributed by atoms with Crippen molar-refractivity contribution in [3.8, 4) is 0 Å². The summed E-state index contributed by atoms with van der Waals surface area (Å²) < 4.78 is 0. The van der Waals surface area contributed by atoms with E-state index >= 15 is 0 Å². The molecule has 1 heteroatoms. The molecule has 0 aliphatic heterocycles. The first-order chi connectivity index (χ1) is 7.26. The van der Waals surface area contributed by atoms with Crippen LogP contribution in [-0.2, 0) is 0 Å². The zero-order chi connectivity index (χ0) is 11.1. The van der Waals surface area contributed by atoms with Crippen molar-refractivity contribution in [2.45, 2.75) is 52.9 Å². The van der Waals surface area contributed by atoms with Crippen LogP contribution < -0.4 is 0 Å². The lowest BCUT2D eigenvalue weighted by molar-refractivity contribution is 0.371. The van der Waals surface area contributed by atoms with Crippen LogP contribution in [0.3, 0.4) is 0 Å². The lowest BCUT2D eigenvalue weighted by atomic mass is 9.96. The molecule has 1 nitrogen and oxygen atoms in total. The van der Waals surface area contributed by atoms with Gasteiger partial charge in [0, 0.05) is 13.1 Å². The Morgan fingerprint density at radius 1 is 1.27 bits per heavy atom. The molecular formula is C14H25N. The second kappa shape index (κ2) is 6.71. The molecule has 1 rings (SSSR count). The fourth-order valence-electron chi connectivity index (χ4n) is 2.21. The number of rotatable bonds is 5. The number of nitrogens with zero attached hydrogens (tertiary/aromatic N) is 1. The largest absolute Gasteiger partial charge is 0.377 e. The molecule has 0 N–H and O–H groups in total. The van der Waals surface area contributed by atoms with Crippen molar-refractivity contribution in [3.05, 3.63) is 23.4 Å². The normalized spacial score (nSPS) is 19.1. The first-order valence-corrected chi connectivity index (χ1v) is 6.35. The molecule has 15 heavy (non-hydrogen) atoms. The Balaban J connectivity index is 2.53. The Morgan fingerprint density at radius 2 is 1.93 bits per heavy atom. The van der Waals surface area contributed by atoms with Gasteiger partial charge in [-0.2, -0.15) is 0 Å². The Kier molecular flexibility index (Phi) is 5.52. The van der Waals surface area contributed by atoms with Crippen LogP contribution in [0.15, 0.2) is 23.4 Å². The van der Waals surface area contributed by atoms with Gasteiger partial charge in [-0.05, 0) is 50.8 Å². The van der Waals surface area contributed by atoms with Gasteiger partial charge in [0.25, 0.3) is 0 Å². The van der Waals surface area contributed by atoms with E-state index in [0.29, 0.717) is 0 Å². The minimum absolute atomic E-state index is 1.20. The maximum Gasteiger partial charge on any atom is 0.0169 e. The summed E-state index contributed by atoms with van der Waals surface area (Å²) in [7, 11) is 0. The first-order valence-electron chi connectivity index (χ1n) is 6.35. The summed E-state index contributed by atoms with van der Waals surface area (Å²) in [4.78, 5) is 2.49. The van der Waals surface area contributed by atoms with Gasteiger partial charge in [-0.15, -0.1) is 0 Å². The molecule has 0 aromatic rings. The van der Waals surface area contributed by atoms with E-state index in [-0.39, 0.29) is 0 Å². The molecule has 0 radical (unpaired) electrons. The van der Waals surface area contributed by atoms with Crippen LogP contribution in [-0.4, -0.2) is 18.0 Å². The zero-order valence-electron chi connectivity index (χ0n) is 10.6. The zero-order valence-corrected chi connectivity index (χ0v) is 10.6. The summed E-state index contributed by atoms with van der Waals surface area (Å²) >= 11 is 0. The highest BCUT2D eigenvalue weighted by molar-refractivity contribution is 5.18. The van der Waals surface area contributed by atoms with Crippen molar-refractivity contribution in [3.63, 3.8) is 0 Å². The van der Waals surface area contributed by atoms with E-state index in [9.17, 15) is 0 Å². The predicted molar refractivity (Wildman–Crippen MR) is 67.8 cm³/mol. The topological polar surface area (TPSA) is 3.24 Å². The molecule has 0 fully saturated rings. The lowest BCUT2D eigenvalue weighted by Gasteiger charge is -2.22. The summed E-state index contributed by atoms with van der Waals surface area (Å²) in [6, 6.07) is 0. The van der Waals surface area contributed by atoms with Crippen LogP contribution in [0.1, 0.15) is 52.9 Å².